The van der Waals surface area contributed by atoms with Crippen molar-refractivity contribution in [2.45, 2.75) is 13.0 Å². The van der Waals surface area contributed by atoms with E-state index in [4.69, 9.17) is 0 Å². The van der Waals surface area contributed by atoms with Crippen molar-refractivity contribution in [1.29, 1.82) is 0 Å². The maximum Gasteiger partial charge on any atom is 0.115 e. The van der Waals surface area contributed by atoms with Gasteiger partial charge in [0.15, 0.2) is 0 Å². The van der Waals surface area contributed by atoms with Crippen LogP contribution < -0.4 is 0 Å². The summed E-state index contributed by atoms with van der Waals surface area (Å²) in [6.45, 7) is 2.05. The van der Waals surface area contributed by atoms with E-state index in [1.54, 1.807) is 22.7 Å². The summed E-state index contributed by atoms with van der Waals surface area (Å²) in [5.41, 5.74) is 0.955. The number of rotatable bonds is 2. The summed E-state index contributed by atoms with van der Waals surface area (Å²) in [6.07, 6.45) is -0.491. The number of aliphatic hydroxyl groups is 1. The van der Waals surface area contributed by atoms with E-state index >= 15 is 0 Å². The predicted octanol–water partition coefficient (Wildman–Crippen LogP) is 3.96. The van der Waals surface area contributed by atoms with Gasteiger partial charge in [-0.1, -0.05) is 0 Å². The lowest BCUT2D eigenvalue weighted by Gasteiger charge is -2.06. The predicted molar refractivity (Wildman–Crippen MR) is 65.1 cm³/mol. The van der Waals surface area contributed by atoms with Gasteiger partial charge in [-0.2, -0.15) is 11.3 Å². The number of aryl methyl sites for hydroxylation is 1. The molecule has 0 radical (unpaired) electrons. The van der Waals surface area contributed by atoms with Crippen LogP contribution >= 0.6 is 38.6 Å². The molecule has 0 aliphatic heterocycles. The molecule has 0 aliphatic rings. The Morgan fingerprint density at radius 3 is 2.64 bits per heavy atom. The minimum atomic E-state index is -0.491. The molecular weight excluding hydrogens is 280 g/mol. The van der Waals surface area contributed by atoms with Gasteiger partial charge >= 0.3 is 0 Å². The molecule has 1 unspecified atom stereocenters. The molecule has 0 aromatic carbocycles. The second-order valence-electron chi connectivity index (χ2n) is 3.03. The Morgan fingerprint density at radius 2 is 2.14 bits per heavy atom. The van der Waals surface area contributed by atoms with Crippen LogP contribution in [0, 0.1) is 6.92 Å². The first-order valence-corrected chi connectivity index (χ1v) is 6.69. The van der Waals surface area contributed by atoms with Crippen LogP contribution in [0.2, 0.25) is 0 Å². The van der Waals surface area contributed by atoms with Crippen LogP contribution in [-0.2, 0) is 0 Å². The minimum Gasteiger partial charge on any atom is -0.383 e. The van der Waals surface area contributed by atoms with Crippen molar-refractivity contribution in [1.82, 2.24) is 0 Å². The van der Waals surface area contributed by atoms with Crippen molar-refractivity contribution in [3.05, 3.63) is 42.7 Å². The Labute approximate surface area is 99.2 Å². The van der Waals surface area contributed by atoms with Crippen LogP contribution in [0.5, 0.6) is 0 Å². The zero-order chi connectivity index (χ0) is 10.1. The number of aliphatic hydroxyl groups excluding tert-OH is 1. The van der Waals surface area contributed by atoms with Crippen molar-refractivity contribution < 1.29 is 5.11 Å². The first kappa shape index (κ1) is 10.4. The summed E-state index contributed by atoms with van der Waals surface area (Å²) >= 11 is 6.66. The maximum absolute atomic E-state index is 10.1. The van der Waals surface area contributed by atoms with Crippen LogP contribution in [-0.4, -0.2) is 5.11 Å². The molecule has 0 spiro atoms. The fourth-order valence-corrected chi connectivity index (χ4v) is 3.66. The monoisotopic (exact) mass is 288 g/mol. The summed E-state index contributed by atoms with van der Waals surface area (Å²) in [7, 11) is 0. The largest absolute Gasteiger partial charge is 0.383 e. The van der Waals surface area contributed by atoms with E-state index in [1.165, 1.54) is 4.88 Å². The summed E-state index contributed by atoms with van der Waals surface area (Å²) in [5.74, 6) is 0. The Morgan fingerprint density at radius 1 is 1.36 bits per heavy atom. The van der Waals surface area contributed by atoms with E-state index in [1.807, 2.05) is 29.8 Å². The van der Waals surface area contributed by atoms with Gasteiger partial charge in [-0.15, -0.1) is 11.3 Å². The lowest BCUT2D eigenvalue weighted by atomic mass is 10.2. The third-order valence-corrected chi connectivity index (χ3v) is 4.77. The van der Waals surface area contributed by atoms with Gasteiger partial charge < -0.3 is 5.11 Å². The highest BCUT2D eigenvalue weighted by atomic mass is 79.9. The summed E-state index contributed by atoms with van der Waals surface area (Å²) in [5, 5.41) is 14.0. The molecule has 1 nitrogen and oxygen atoms in total. The van der Waals surface area contributed by atoms with E-state index in [0.717, 1.165) is 14.9 Å². The molecule has 2 heterocycles. The van der Waals surface area contributed by atoms with Gasteiger partial charge in [-0.05, 0) is 40.4 Å². The first-order valence-electron chi connectivity index (χ1n) is 4.14. The lowest BCUT2D eigenvalue weighted by Crippen LogP contribution is -1.95. The van der Waals surface area contributed by atoms with Crippen LogP contribution in [0.4, 0.5) is 0 Å². The van der Waals surface area contributed by atoms with Gasteiger partial charge in [0.25, 0.3) is 0 Å². The molecule has 0 saturated carbocycles. The van der Waals surface area contributed by atoms with Gasteiger partial charge in [-0.25, -0.2) is 0 Å². The zero-order valence-corrected chi connectivity index (χ0v) is 10.7. The van der Waals surface area contributed by atoms with Gasteiger partial charge in [0, 0.05) is 25.2 Å². The summed E-state index contributed by atoms with van der Waals surface area (Å²) in [6, 6.07) is 4.01. The van der Waals surface area contributed by atoms with E-state index in [-0.39, 0.29) is 0 Å². The van der Waals surface area contributed by atoms with E-state index < -0.39 is 6.10 Å². The Bertz CT molecular complexity index is 433. The third-order valence-electron chi connectivity index (χ3n) is 1.97. The highest BCUT2D eigenvalue weighted by Gasteiger charge is 2.15. The molecule has 2 aromatic heterocycles. The summed E-state index contributed by atoms with van der Waals surface area (Å²) in [4.78, 5) is 2.23. The highest BCUT2D eigenvalue weighted by molar-refractivity contribution is 9.10. The van der Waals surface area contributed by atoms with Crippen LogP contribution in [0.25, 0.3) is 0 Å². The molecule has 0 amide bonds. The topological polar surface area (TPSA) is 20.2 Å². The van der Waals surface area contributed by atoms with E-state index in [2.05, 4.69) is 15.9 Å². The first-order chi connectivity index (χ1) is 6.68. The van der Waals surface area contributed by atoms with Gasteiger partial charge in [0.1, 0.15) is 6.10 Å². The molecule has 2 aromatic rings. The molecule has 0 fully saturated rings. The van der Waals surface area contributed by atoms with Crippen LogP contribution in [0.15, 0.2) is 27.4 Å². The van der Waals surface area contributed by atoms with Crippen LogP contribution in [0.3, 0.4) is 0 Å². The smallest absolute Gasteiger partial charge is 0.115 e. The Kier molecular flexibility index (Phi) is 3.07. The summed E-state index contributed by atoms with van der Waals surface area (Å²) < 4.78 is 0.987. The second kappa shape index (κ2) is 4.14. The zero-order valence-electron chi connectivity index (χ0n) is 7.53. The Balaban J connectivity index is 2.33. The molecule has 0 aliphatic carbocycles. The second-order valence-corrected chi connectivity index (χ2v) is 5.94. The van der Waals surface area contributed by atoms with Crippen molar-refractivity contribution in [3.8, 4) is 0 Å². The molecule has 4 heteroatoms. The number of hydrogen-bond donors (Lipinski definition) is 1. The molecule has 0 saturated heterocycles. The SMILES string of the molecule is Cc1ccc(C(O)c2cscc2Br)s1. The molecule has 14 heavy (non-hydrogen) atoms. The maximum atomic E-state index is 10.1. The van der Waals surface area contributed by atoms with Crippen LogP contribution in [0.1, 0.15) is 21.4 Å². The molecule has 0 bridgehead atoms. The van der Waals surface area contributed by atoms with E-state index in [9.17, 15) is 5.11 Å². The fraction of sp³-hybridized carbons (Fsp3) is 0.200. The number of thiophene rings is 2. The number of hydrogen-bond acceptors (Lipinski definition) is 3. The minimum absolute atomic E-state index is 0.491. The third kappa shape index (κ3) is 1.93. The van der Waals surface area contributed by atoms with Crippen molar-refractivity contribution in [2.24, 2.45) is 0 Å². The average Bonchev–Trinajstić information content (AvgIpc) is 2.73. The molecular formula is C10H9BrOS2. The van der Waals surface area contributed by atoms with Crippen molar-refractivity contribution in [2.75, 3.05) is 0 Å². The molecule has 74 valence electrons. The fourth-order valence-electron chi connectivity index (χ4n) is 1.24. The quantitative estimate of drug-likeness (QED) is 0.887. The van der Waals surface area contributed by atoms with Gasteiger partial charge in [0.05, 0.1) is 0 Å². The molecule has 2 rings (SSSR count). The van der Waals surface area contributed by atoms with Gasteiger partial charge in [-0.3, -0.25) is 0 Å². The lowest BCUT2D eigenvalue weighted by molar-refractivity contribution is 0.224. The average molecular weight is 289 g/mol. The highest BCUT2D eigenvalue weighted by Crippen LogP contribution is 2.34. The van der Waals surface area contributed by atoms with Crippen molar-refractivity contribution in [3.63, 3.8) is 0 Å². The van der Waals surface area contributed by atoms with Crippen molar-refractivity contribution >= 4 is 38.6 Å². The van der Waals surface area contributed by atoms with E-state index in [0.29, 0.717) is 0 Å². The molecule has 1 atom stereocenters. The normalized spacial score (nSPS) is 13.1. The number of halogens is 1. The standard InChI is InChI=1S/C10H9BrOS2/c1-6-2-3-9(14-6)10(12)7-4-13-5-8(7)11/h2-5,10,12H,1H3. The Hall–Kier alpha value is -0.160. The molecule has 1 N–H and O–H groups in total. The van der Waals surface area contributed by atoms with Gasteiger partial charge in [0.2, 0.25) is 0 Å².